The Morgan fingerprint density at radius 3 is 2.78 bits per heavy atom. The first-order valence-electron chi connectivity index (χ1n) is 5.02. The lowest BCUT2D eigenvalue weighted by atomic mass is 10.1. The van der Waals surface area contributed by atoms with E-state index in [0.29, 0.717) is 21.4 Å². The molecule has 0 aliphatic carbocycles. The normalized spacial score (nSPS) is 11.1. The van der Waals surface area contributed by atoms with Crippen LogP contribution in [0.15, 0.2) is 34.8 Å². The van der Waals surface area contributed by atoms with E-state index in [1.807, 2.05) is 6.07 Å². The van der Waals surface area contributed by atoms with Crippen molar-refractivity contribution in [3.05, 3.63) is 45.1 Å². The summed E-state index contributed by atoms with van der Waals surface area (Å²) < 4.78 is 15.8. The maximum Gasteiger partial charge on any atom is 0.186 e. The summed E-state index contributed by atoms with van der Waals surface area (Å²) in [6.07, 6.45) is 0. The number of halogens is 3. The Bertz CT molecular complexity index is 744. The summed E-state index contributed by atoms with van der Waals surface area (Å²) in [6.45, 7) is 0. The zero-order valence-corrected chi connectivity index (χ0v) is 12.0. The number of thiazole rings is 1. The molecule has 18 heavy (non-hydrogen) atoms. The van der Waals surface area contributed by atoms with E-state index in [2.05, 4.69) is 25.9 Å². The maximum atomic E-state index is 13.8. The van der Waals surface area contributed by atoms with E-state index in [9.17, 15) is 4.39 Å². The third-order valence-electron chi connectivity index (χ3n) is 2.44. The van der Waals surface area contributed by atoms with Crippen molar-refractivity contribution in [2.75, 3.05) is 0 Å². The van der Waals surface area contributed by atoms with Crippen molar-refractivity contribution in [1.29, 1.82) is 0 Å². The molecule has 0 saturated carbocycles. The molecule has 0 atom stereocenters. The fourth-order valence-electron chi connectivity index (χ4n) is 1.66. The molecule has 0 spiro atoms. The van der Waals surface area contributed by atoms with Gasteiger partial charge in [0.1, 0.15) is 5.82 Å². The topological polar surface area (TPSA) is 25.8 Å². The average Bonchev–Trinajstić information content (AvgIpc) is 2.68. The van der Waals surface area contributed by atoms with Crippen molar-refractivity contribution in [1.82, 2.24) is 9.97 Å². The fraction of sp³-hybridized carbons (Fsp3) is 0. The zero-order chi connectivity index (χ0) is 12.7. The Morgan fingerprint density at radius 1 is 1.22 bits per heavy atom. The standard InChI is InChI=1S/C12H5BrClFN2S/c13-7-5-9-11(17-12(14)18-9)16-10(7)6-3-1-2-4-8(6)15/h1-5H. The number of fused-ring (bicyclic) bond motifs is 1. The Hall–Kier alpha value is -1.04. The smallest absolute Gasteiger partial charge is 0.186 e. The van der Waals surface area contributed by atoms with E-state index >= 15 is 0 Å². The van der Waals surface area contributed by atoms with Gasteiger partial charge >= 0.3 is 0 Å². The van der Waals surface area contributed by atoms with Gasteiger partial charge < -0.3 is 0 Å². The lowest BCUT2D eigenvalue weighted by molar-refractivity contribution is 0.630. The van der Waals surface area contributed by atoms with Crippen LogP contribution in [-0.2, 0) is 0 Å². The minimum absolute atomic E-state index is 0.314. The van der Waals surface area contributed by atoms with Gasteiger partial charge in [-0.1, -0.05) is 23.7 Å². The molecule has 0 radical (unpaired) electrons. The van der Waals surface area contributed by atoms with Gasteiger partial charge in [0.15, 0.2) is 10.1 Å². The van der Waals surface area contributed by atoms with Crippen LogP contribution in [0.5, 0.6) is 0 Å². The van der Waals surface area contributed by atoms with Gasteiger partial charge in [-0.05, 0) is 34.1 Å². The largest absolute Gasteiger partial charge is 0.226 e. The molecular weight excluding hydrogens is 339 g/mol. The van der Waals surface area contributed by atoms with E-state index in [1.54, 1.807) is 18.2 Å². The second-order valence-electron chi connectivity index (χ2n) is 3.59. The summed E-state index contributed by atoms with van der Waals surface area (Å²) in [7, 11) is 0. The van der Waals surface area contributed by atoms with Crippen molar-refractivity contribution in [2.45, 2.75) is 0 Å². The number of nitrogens with zero attached hydrogens (tertiary/aromatic N) is 2. The van der Waals surface area contributed by atoms with Crippen molar-refractivity contribution in [2.24, 2.45) is 0 Å². The zero-order valence-electron chi connectivity index (χ0n) is 8.82. The van der Waals surface area contributed by atoms with Gasteiger partial charge in [0.25, 0.3) is 0 Å². The molecule has 0 saturated heterocycles. The minimum atomic E-state index is -0.314. The van der Waals surface area contributed by atoms with Gasteiger partial charge in [-0.3, -0.25) is 0 Å². The molecule has 0 fully saturated rings. The highest BCUT2D eigenvalue weighted by Gasteiger charge is 2.13. The Morgan fingerprint density at radius 2 is 2.00 bits per heavy atom. The van der Waals surface area contributed by atoms with Crippen molar-refractivity contribution in [3.63, 3.8) is 0 Å². The lowest BCUT2D eigenvalue weighted by Gasteiger charge is -2.04. The van der Waals surface area contributed by atoms with Crippen LogP contribution in [-0.4, -0.2) is 9.97 Å². The molecule has 3 aromatic rings. The molecule has 0 N–H and O–H groups in total. The first-order valence-corrected chi connectivity index (χ1v) is 7.01. The monoisotopic (exact) mass is 342 g/mol. The first kappa shape index (κ1) is 12.0. The minimum Gasteiger partial charge on any atom is -0.226 e. The summed E-state index contributed by atoms with van der Waals surface area (Å²) in [6, 6.07) is 8.35. The molecule has 0 amide bonds. The predicted octanol–water partition coefficient (Wildman–Crippen LogP) is 4.91. The summed E-state index contributed by atoms with van der Waals surface area (Å²) in [5, 5.41) is 0. The van der Waals surface area contributed by atoms with Gasteiger partial charge in [-0.25, -0.2) is 14.4 Å². The van der Waals surface area contributed by atoms with Gasteiger partial charge in [-0.15, -0.1) is 11.3 Å². The van der Waals surface area contributed by atoms with Crippen LogP contribution in [0, 0.1) is 5.82 Å². The second-order valence-corrected chi connectivity index (χ2v) is 6.05. The highest BCUT2D eigenvalue weighted by atomic mass is 79.9. The van der Waals surface area contributed by atoms with Crippen molar-refractivity contribution in [3.8, 4) is 11.3 Å². The third kappa shape index (κ3) is 2.02. The molecule has 6 heteroatoms. The van der Waals surface area contributed by atoms with Crippen molar-refractivity contribution >= 4 is 49.2 Å². The SMILES string of the molecule is Fc1ccccc1-c1nc2nc(Cl)sc2cc1Br. The maximum absolute atomic E-state index is 13.8. The van der Waals surface area contributed by atoms with E-state index < -0.39 is 0 Å². The summed E-state index contributed by atoms with van der Waals surface area (Å²) in [4.78, 5) is 8.45. The summed E-state index contributed by atoms with van der Waals surface area (Å²) >= 11 is 10.6. The van der Waals surface area contributed by atoms with Crippen LogP contribution in [0.2, 0.25) is 4.47 Å². The number of pyridine rings is 1. The molecule has 3 rings (SSSR count). The average molecular weight is 344 g/mol. The molecular formula is C12H5BrClFN2S. The number of hydrogen-bond donors (Lipinski definition) is 0. The van der Waals surface area contributed by atoms with Crippen LogP contribution in [0.1, 0.15) is 0 Å². The van der Waals surface area contributed by atoms with Gasteiger partial charge in [0, 0.05) is 10.0 Å². The lowest BCUT2D eigenvalue weighted by Crippen LogP contribution is -1.90. The van der Waals surface area contributed by atoms with E-state index in [4.69, 9.17) is 11.6 Å². The quantitative estimate of drug-likeness (QED) is 0.627. The molecule has 0 unspecified atom stereocenters. The Kier molecular flexibility index (Phi) is 3.05. The Balaban J connectivity index is 2.29. The third-order valence-corrected chi connectivity index (χ3v) is 4.14. The van der Waals surface area contributed by atoms with Gasteiger partial charge in [0.05, 0.1) is 10.4 Å². The first-order chi connectivity index (χ1) is 8.65. The molecule has 2 aromatic heterocycles. The van der Waals surface area contributed by atoms with Crippen LogP contribution < -0.4 is 0 Å². The van der Waals surface area contributed by atoms with Gasteiger partial charge in [0.2, 0.25) is 0 Å². The van der Waals surface area contributed by atoms with E-state index in [1.165, 1.54) is 17.4 Å². The van der Waals surface area contributed by atoms with Crippen LogP contribution in [0.25, 0.3) is 21.6 Å². The van der Waals surface area contributed by atoms with Gasteiger partial charge in [-0.2, -0.15) is 0 Å². The molecule has 0 aliphatic heterocycles. The van der Waals surface area contributed by atoms with E-state index in [-0.39, 0.29) is 5.82 Å². The second kappa shape index (κ2) is 4.57. The summed E-state index contributed by atoms with van der Waals surface area (Å²) in [5.74, 6) is -0.314. The molecule has 0 aliphatic rings. The van der Waals surface area contributed by atoms with Crippen molar-refractivity contribution < 1.29 is 4.39 Å². The molecule has 2 nitrogen and oxygen atoms in total. The molecule has 90 valence electrons. The van der Waals surface area contributed by atoms with Crippen LogP contribution >= 0.6 is 38.9 Å². The number of hydrogen-bond acceptors (Lipinski definition) is 3. The Labute approximate surface area is 120 Å². The number of rotatable bonds is 1. The highest BCUT2D eigenvalue weighted by molar-refractivity contribution is 9.10. The fourth-order valence-corrected chi connectivity index (χ4v) is 3.34. The molecule has 0 bridgehead atoms. The molecule has 1 aromatic carbocycles. The van der Waals surface area contributed by atoms with E-state index in [0.717, 1.165) is 9.17 Å². The van der Waals surface area contributed by atoms with Crippen LogP contribution in [0.4, 0.5) is 4.39 Å². The summed E-state index contributed by atoms with van der Waals surface area (Å²) in [5.41, 5.74) is 1.50. The predicted molar refractivity (Wildman–Crippen MR) is 75.5 cm³/mol. The number of benzene rings is 1. The molecule has 2 heterocycles. The highest BCUT2D eigenvalue weighted by Crippen LogP contribution is 2.34. The number of aromatic nitrogens is 2. The van der Waals surface area contributed by atoms with Crippen LogP contribution in [0.3, 0.4) is 0 Å².